The number of rotatable bonds is 9. The van der Waals surface area contributed by atoms with Crippen molar-refractivity contribution >= 4 is 17.4 Å². The summed E-state index contributed by atoms with van der Waals surface area (Å²) < 4.78 is 1.41. The third-order valence-corrected chi connectivity index (χ3v) is 7.58. The smallest absolute Gasteiger partial charge is 0.330 e. The summed E-state index contributed by atoms with van der Waals surface area (Å²) >= 11 is 0. The first-order valence-corrected chi connectivity index (χ1v) is 13.2. The van der Waals surface area contributed by atoms with Gasteiger partial charge in [-0.05, 0) is 63.1 Å². The van der Waals surface area contributed by atoms with E-state index in [1.54, 1.807) is 4.90 Å². The Morgan fingerprint density at radius 1 is 1.09 bits per heavy atom. The van der Waals surface area contributed by atoms with Crippen LogP contribution in [0.2, 0.25) is 0 Å². The summed E-state index contributed by atoms with van der Waals surface area (Å²) in [4.78, 5) is 45.3. The van der Waals surface area contributed by atoms with Crippen molar-refractivity contribution in [3.05, 3.63) is 56.7 Å². The second kappa shape index (κ2) is 11.7. The van der Waals surface area contributed by atoms with Gasteiger partial charge < -0.3 is 10.6 Å². The van der Waals surface area contributed by atoms with Crippen LogP contribution >= 0.6 is 0 Å². The van der Waals surface area contributed by atoms with E-state index in [9.17, 15) is 14.4 Å². The van der Waals surface area contributed by atoms with Crippen molar-refractivity contribution in [2.24, 2.45) is 5.92 Å². The predicted molar refractivity (Wildman–Crippen MR) is 140 cm³/mol. The Balaban J connectivity index is 1.49. The van der Waals surface area contributed by atoms with Crippen LogP contribution in [0.1, 0.15) is 63.9 Å². The second-order valence-corrected chi connectivity index (χ2v) is 10.1. The first-order valence-electron chi connectivity index (χ1n) is 13.2. The minimum absolute atomic E-state index is 0.0568. The van der Waals surface area contributed by atoms with E-state index in [4.69, 9.17) is 5.73 Å². The van der Waals surface area contributed by atoms with Crippen LogP contribution in [0.5, 0.6) is 0 Å². The lowest BCUT2D eigenvalue weighted by atomic mass is 9.90. The normalized spacial score (nSPS) is 17.6. The first kappa shape index (κ1) is 25.2. The number of piperidine rings is 1. The van der Waals surface area contributed by atoms with Gasteiger partial charge in [0.25, 0.3) is 5.56 Å². The number of nitrogens with two attached hydrogens (primary N) is 1. The monoisotopic (exact) mass is 481 g/mol. The van der Waals surface area contributed by atoms with Crippen molar-refractivity contribution in [3.8, 4) is 0 Å². The van der Waals surface area contributed by atoms with Crippen LogP contribution in [-0.2, 0) is 17.8 Å². The van der Waals surface area contributed by atoms with Gasteiger partial charge in [0.15, 0.2) is 5.69 Å². The number of nitrogen functional groups attached to an aromatic ring is 1. The molecule has 1 aliphatic carbocycles. The van der Waals surface area contributed by atoms with E-state index in [0.29, 0.717) is 12.5 Å². The number of amides is 1. The van der Waals surface area contributed by atoms with Crippen molar-refractivity contribution in [3.63, 3.8) is 0 Å². The number of nitrogens with zero attached hydrogens (tertiary/aromatic N) is 3. The molecule has 2 aliphatic rings. The number of carbonyl (C=O) groups excluding carboxylic acids is 1. The molecule has 190 valence electrons. The van der Waals surface area contributed by atoms with E-state index in [-0.39, 0.29) is 30.0 Å². The van der Waals surface area contributed by atoms with Crippen molar-refractivity contribution in [2.75, 3.05) is 30.3 Å². The average molecular weight is 482 g/mol. The molecule has 2 fully saturated rings. The van der Waals surface area contributed by atoms with E-state index in [1.165, 1.54) is 10.1 Å². The summed E-state index contributed by atoms with van der Waals surface area (Å²) in [6, 6.07) is 10.5. The van der Waals surface area contributed by atoms with E-state index in [1.807, 2.05) is 13.0 Å². The summed E-state index contributed by atoms with van der Waals surface area (Å²) in [6.07, 6.45) is 8.57. The van der Waals surface area contributed by atoms with Crippen LogP contribution in [0.25, 0.3) is 0 Å². The van der Waals surface area contributed by atoms with Gasteiger partial charge >= 0.3 is 5.69 Å². The highest BCUT2D eigenvalue weighted by atomic mass is 16.2. The number of anilines is 2. The molecule has 1 saturated carbocycles. The molecule has 0 spiro atoms. The van der Waals surface area contributed by atoms with Gasteiger partial charge in [0.1, 0.15) is 5.82 Å². The molecular formula is C27H39N5O3. The molecule has 35 heavy (non-hydrogen) atoms. The largest absolute Gasteiger partial charge is 0.383 e. The fraction of sp³-hybridized carbons (Fsp3) is 0.593. The Kier molecular flexibility index (Phi) is 8.44. The predicted octanol–water partition coefficient (Wildman–Crippen LogP) is 3.15. The van der Waals surface area contributed by atoms with Gasteiger partial charge in [0.05, 0.1) is 6.54 Å². The lowest BCUT2D eigenvalue weighted by molar-refractivity contribution is -0.120. The third-order valence-electron chi connectivity index (χ3n) is 7.58. The number of aromatic nitrogens is 2. The zero-order valence-electron chi connectivity index (χ0n) is 20.9. The molecule has 0 bridgehead atoms. The summed E-state index contributed by atoms with van der Waals surface area (Å²) in [6.45, 7) is 4.45. The highest BCUT2D eigenvalue weighted by Gasteiger charge is 2.34. The zero-order chi connectivity index (χ0) is 24.8. The standard InChI is InChI=1S/C27H39N5O3/c1-2-3-15-31-25(28)24(26(34)29-27(31)35)32(22-11-7-8-12-22)23(33)19-30-16-13-21(14-17-30)18-20-9-5-4-6-10-20/h4-6,9-10,21-22H,2-3,7-8,11-19,28H2,1H3,(H,29,34,35). The molecule has 8 heteroatoms. The second-order valence-electron chi connectivity index (χ2n) is 10.1. The van der Waals surface area contributed by atoms with Crippen LogP contribution < -0.4 is 21.9 Å². The molecule has 0 atom stereocenters. The van der Waals surface area contributed by atoms with Gasteiger partial charge in [-0.1, -0.05) is 56.5 Å². The Morgan fingerprint density at radius 2 is 1.77 bits per heavy atom. The molecule has 0 radical (unpaired) electrons. The molecule has 1 amide bonds. The van der Waals surface area contributed by atoms with Crippen LogP contribution in [0.3, 0.4) is 0 Å². The Morgan fingerprint density at radius 3 is 2.43 bits per heavy atom. The molecule has 1 aromatic heterocycles. The minimum Gasteiger partial charge on any atom is -0.383 e. The van der Waals surface area contributed by atoms with E-state index in [0.717, 1.165) is 70.9 Å². The SMILES string of the molecule is CCCCn1c(N)c(N(C(=O)CN2CCC(Cc3ccccc3)CC2)C2CCCC2)c(=O)[nH]c1=O. The lowest BCUT2D eigenvalue weighted by Crippen LogP contribution is -2.50. The van der Waals surface area contributed by atoms with Gasteiger partial charge in [-0.3, -0.25) is 24.0 Å². The lowest BCUT2D eigenvalue weighted by Gasteiger charge is -2.35. The highest BCUT2D eigenvalue weighted by molar-refractivity contribution is 5.97. The Hall–Kier alpha value is -2.87. The zero-order valence-corrected chi connectivity index (χ0v) is 20.9. The van der Waals surface area contributed by atoms with Gasteiger partial charge in [-0.15, -0.1) is 0 Å². The molecule has 2 aromatic rings. The number of aromatic amines is 1. The fourth-order valence-corrected chi connectivity index (χ4v) is 5.59. The molecule has 1 saturated heterocycles. The quantitative estimate of drug-likeness (QED) is 0.573. The van der Waals surface area contributed by atoms with Crippen molar-refractivity contribution in [1.29, 1.82) is 0 Å². The molecule has 4 rings (SSSR count). The summed E-state index contributed by atoms with van der Waals surface area (Å²) in [5.41, 5.74) is 6.83. The Bertz CT molecular complexity index is 1100. The topological polar surface area (TPSA) is 104 Å². The summed E-state index contributed by atoms with van der Waals surface area (Å²) in [7, 11) is 0. The van der Waals surface area contributed by atoms with Crippen LogP contribution in [0.15, 0.2) is 39.9 Å². The molecule has 0 unspecified atom stereocenters. The van der Waals surface area contributed by atoms with Gasteiger partial charge in [-0.25, -0.2) is 4.79 Å². The van der Waals surface area contributed by atoms with Crippen molar-refractivity contribution in [2.45, 2.75) is 77.3 Å². The van der Waals surface area contributed by atoms with E-state index >= 15 is 0 Å². The van der Waals surface area contributed by atoms with Crippen LogP contribution in [-0.4, -0.2) is 46.0 Å². The van der Waals surface area contributed by atoms with Gasteiger partial charge in [0, 0.05) is 12.6 Å². The van der Waals surface area contributed by atoms with Crippen molar-refractivity contribution in [1.82, 2.24) is 14.5 Å². The molecule has 8 nitrogen and oxygen atoms in total. The fourth-order valence-electron chi connectivity index (χ4n) is 5.59. The molecule has 1 aliphatic heterocycles. The number of H-pyrrole nitrogens is 1. The third kappa shape index (κ3) is 6.04. The Labute approximate surface area is 207 Å². The number of nitrogens with one attached hydrogen (secondary N) is 1. The number of benzene rings is 1. The molecular weight excluding hydrogens is 442 g/mol. The first-order chi connectivity index (χ1) is 17.0. The van der Waals surface area contributed by atoms with Crippen molar-refractivity contribution < 1.29 is 4.79 Å². The van der Waals surface area contributed by atoms with E-state index in [2.05, 4.69) is 34.1 Å². The number of likely N-dealkylation sites (tertiary alicyclic amines) is 1. The summed E-state index contributed by atoms with van der Waals surface area (Å²) in [5.74, 6) is 0.626. The van der Waals surface area contributed by atoms with Gasteiger partial charge in [-0.2, -0.15) is 0 Å². The number of unbranched alkanes of at least 4 members (excludes halogenated alkanes) is 1. The molecule has 1 aromatic carbocycles. The minimum atomic E-state index is -0.568. The highest BCUT2D eigenvalue weighted by Crippen LogP contribution is 2.30. The summed E-state index contributed by atoms with van der Waals surface area (Å²) in [5, 5.41) is 0. The average Bonchev–Trinajstić information content (AvgIpc) is 3.38. The maximum Gasteiger partial charge on any atom is 0.330 e. The van der Waals surface area contributed by atoms with E-state index < -0.39 is 11.2 Å². The van der Waals surface area contributed by atoms with Crippen LogP contribution in [0.4, 0.5) is 11.5 Å². The van der Waals surface area contributed by atoms with Crippen LogP contribution in [0, 0.1) is 5.92 Å². The number of hydrogen-bond donors (Lipinski definition) is 2. The molecule has 3 N–H and O–H groups in total. The molecule has 2 heterocycles. The number of carbonyl (C=O) groups is 1. The maximum atomic E-state index is 13.7. The van der Waals surface area contributed by atoms with Gasteiger partial charge in [0.2, 0.25) is 5.91 Å². The maximum absolute atomic E-state index is 13.7. The number of hydrogen-bond acceptors (Lipinski definition) is 5.